The highest BCUT2D eigenvalue weighted by atomic mass is 16.5. The molecule has 0 fully saturated rings. The number of cyclic esters (lactones) is 1. The molecule has 0 saturated heterocycles. The van der Waals surface area contributed by atoms with E-state index in [2.05, 4.69) is 0 Å². The van der Waals surface area contributed by atoms with Gasteiger partial charge in [-0.05, 0) is 44.3 Å². The van der Waals surface area contributed by atoms with Gasteiger partial charge < -0.3 is 20.1 Å². The molecule has 3 N–H and O–H groups in total. The van der Waals surface area contributed by atoms with E-state index in [1.807, 2.05) is 13.8 Å². The van der Waals surface area contributed by atoms with Gasteiger partial charge in [-0.15, -0.1) is 0 Å². The summed E-state index contributed by atoms with van der Waals surface area (Å²) >= 11 is 0. The Balaban J connectivity index is 3.03. The van der Waals surface area contributed by atoms with Crippen LogP contribution in [0.3, 0.4) is 0 Å². The fraction of sp³-hybridized carbons (Fsp3) is 0.588. The zero-order chi connectivity index (χ0) is 16.8. The third-order valence-corrected chi connectivity index (χ3v) is 3.87. The minimum atomic E-state index is -1.39. The van der Waals surface area contributed by atoms with Gasteiger partial charge in [0.05, 0.1) is 18.3 Å². The van der Waals surface area contributed by atoms with E-state index >= 15 is 0 Å². The van der Waals surface area contributed by atoms with Gasteiger partial charge in [0, 0.05) is 6.08 Å². The van der Waals surface area contributed by atoms with Gasteiger partial charge in [-0.3, -0.25) is 0 Å². The summed E-state index contributed by atoms with van der Waals surface area (Å²) in [4.78, 5) is 11.7. The lowest BCUT2D eigenvalue weighted by Gasteiger charge is -2.21. The minimum Gasteiger partial charge on any atom is -0.459 e. The number of hydrogen-bond donors (Lipinski definition) is 3. The highest BCUT2D eigenvalue weighted by molar-refractivity contribution is 5.82. The molecule has 5 nitrogen and oxygen atoms in total. The van der Waals surface area contributed by atoms with Crippen molar-refractivity contribution in [2.45, 2.75) is 51.4 Å². The van der Waals surface area contributed by atoms with Crippen molar-refractivity contribution in [2.75, 3.05) is 6.61 Å². The smallest absolute Gasteiger partial charge is 0.330 e. The lowest BCUT2D eigenvalue weighted by Crippen LogP contribution is -2.23. The van der Waals surface area contributed by atoms with Crippen LogP contribution in [0.1, 0.15) is 33.6 Å². The van der Waals surface area contributed by atoms with Gasteiger partial charge in [-0.25, -0.2) is 4.79 Å². The molecule has 1 rings (SSSR count). The van der Waals surface area contributed by atoms with E-state index in [1.54, 1.807) is 6.08 Å². The van der Waals surface area contributed by atoms with E-state index in [4.69, 9.17) is 4.74 Å². The average Bonchev–Trinajstić information content (AvgIpc) is 2.46. The van der Waals surface area contributed by atoms with Gasteiger partial charge in [-0.2, -0.15) is 0 Å². The summed E-state index contributed by atoms with van der Waals surface area (Å²) in [7, 11) is 0. The molecular weight excluding hydrogens is 284 g/mol. The number of allylic oxidation sites excluding steroid dienone is 1. The lowest BCUT2D eigenvalue weighted by molar-refractivity contribution is -0.144. The zero-order valence-electron chi connectivity index (χ0n) is 13.4. The molecule has 0 saturated carbocycles. The predicted molar refractivity (Wildman–Crippen MR) is 84.0 cm³/mol. The topological polar surface area (TPSA) is 87.0 Å². The molecule has 124 valence electrons. The molecule has 0 spiro atoms. The van der Waals surface area contributed by atoms with E-state index in [0.29, 0.717) is 12.0 Å². The summed E-state index contributed by atoms with van der Waals surface area (Å²) in [5.41, 5.74) is -0.899. The van der Waals surface area contributed by atoms with Crippen molar-refractivity contribution in [1.82, 2.24) is 0 Å². The minimum absolute atomic E-state index is 0.143. The predicted octanol–water partition coefficient (Wildman–Crippen LogP) is 1.49. The first-order valence-electron chi connectivity index (χ1n) is 7.54. The molecule has 0 unspecified atom stereocenters. The molecule has 22 heavy (non-hydrogen) atoms. The number of esters is 1. The van der Waals surface area contributed by atoms with Crippen LogP contribution in [-0.2, 0) is 9.53 Å². The van der Waals surface area contributed by atoms with E-state index in [0.717, 1.165) is 6.42 Å². The van der Waals surface area contributed by atoms with Gasteiger partial charge >= 0.3 is 5.97 Å². The van der Waals surface area contributed by atoms with Gasteiger partial charge in [0.1, 0.15) is 6.10 Å². The fourth-order valence-corrected chi connectivity index (χ4v) is 2.09. The Bertz CT molecular complexity index is 462. The average molecular weight is 310 g/mol. The zero-order valence-corrected chi connectivity index (χ0v) is 13.4. The molecule has 0 aromatic rings. The highest BCUT2D eigenvalue weighted by Gasteiger charge is 2.18. The fourth-order valence-electron chi connectivity index (χ4n) is 2.09. The molecular formula is C17H26O5. The number of aliphatic hydroxyl groups excluding tert-OH is 2. The second kappa shape index (κ2) is 8.27. The van der Waals surface area contributed by atoms with Crippen molar-refractivity contribution in [3.05, 3.63) is 36.0 Å². The van der Waals surface area contributed by atoms with Crippen molar-refractivity contribution < 1.29 is 24.9 Å². The van der Waals surface area contributed by atoms with Crippen LogP contribution in [0.5, 0.6) is 0 Å². The van der Waals surface area contributed by atoms with Gasteiger partial charge in [0.15, 0.2) is 0 Å². The summed E-state index contributed by atoms with van der Waals surface area (Å²) < 4.78 is 5.29. The maximum absolute atomic E-state index is 11.7. The Kier molecular flexibility index (Phi) is 7.00. The second-order valence-electron chi connectivity index (χ2n) is 6.00. The van der Waals surface area contributed by atoms with Crippen molar-refractivity contribution >= 4 is 5.97 Å². The first kappa shape index (κ1) is 18.6. The quantitative estimate of drug-likeness (QED) is 0.504. The van der Waals surface area contributed by atoms with E-state index < -0.39 is 17.7 Å². The van der Waals surface area contributed by atoms with Crippen molar-refractivity contribution in [2.24, 2.45) is 5.92 Å². The highest BCUT2D eigenvalue weighted by Crippen LogP contribution is 2.18. The molecule has 0 aliphatic carbocycles. The lowest BCUT2D eigenvalue weighted by atomic mass is 9.97. The molecule has 5 heteroatoms. The van der Waals surface area contributed by atoms with Crippen LogP contribution in [0.15, 0.2) is 36.0 Å². The Hall–Kier alpha value is -1.43. The Morgan fingerprint density at radius 2 is 2.05 bits per heavy atom. The van der Waals surface area contributed by atoms with Crippen molar-refractivity contribution in [1.29, 1.82) is 0 Å². The van der Waals surface area contributed by atoms with Gasteiger partial charge in [0.2, 0.25) is 0 Å². The number of rotatable bonds is 1. The van der Waals surface area contributed by atoms with Crippen LogP contribution in [0.25, 0.3) is 0 Å². The maximum Gasteiger partial charge on any atom is 0.330 e. The Morgan fingerprint density at radius 1 is 1.36 bits per heavy atom. The van der Waals surface area contributed by atoms with E-state index in [1.165, 1.54) is 31.2 Å². The SMILES string of the molecule is C[C@H]1CC/C=C(\CO)[C@@H](O)/C=C/[C@@](C)(O)/C=C/C(=O)O[C@@H]1C. The third-order valence-electron chi connectivity index (χ3n) is 3.87. The van der Waals surface area contributed by atoms with Gasteiger partial charge in [-0.1, -0.05) is 25.2 Å². The Labute approximate surface area is 131 Å². The summed E-state index contributed by atoms with van der Waals surface area (Å²) in [6.07, 6.45) is 7.28. The van der Waals surface area contributed by atoms with Crippen molar-refractivity contribution in [3.63, 3.8) is 0 Å². The number of ether oxygens (including phenoxy) is 1. The molecule has 1 heterocycles. The number of carbonyl (C=O) groups is 1. The molecule has 0 aromatic heterocycles. The standard InChI is InChI=1S/C17H26O5/c1-12-5-4-6-14(11-18)15(19)7-9-17(3,21)10-8-16(20)22-13(12)2/h6-10,12-13,15,18-19,21H,4-5,11H2,1-3H3/b9-7+,10-8+,14-6+/t12-,13+,15-,17+/m0/s1. The third kappa shape index (κ3) is 6.13. The summed E-state index contributed by atoms with van der Waals surface area (Å²) in [5, 5.41) is 29.5. The number of hydrogen-bond acceptors (Lipinski definition) is 5. The van der Waals surface area contributed by atoms with Crippen LogP contribution in [0, 0.1) is 5.92 Å². The van der Waals surface area contributed by atoms with Crippen LogP contribution in [0.2, 0.25) is 0 Å². The van der Waals surface area contributed by atoms with Crippen LogP contribution in [0.4, 0.5) is 0 Å². The maximum atomic E-state index is 11.7. The molecule has 1 aliphatic heterocycles. The van der Waals surface area contributed by atoms with E-state index in [-0.39, 0.29) is 18.6 Å². The summed E-state index contributed by atoms with van der Waals surface area (Å²) in [5.74, 6) is -0.359. The molecule has 1 aliphatic rings. The van der Waals surface area contributed by atoms with E-state index in [9.17, 15) is 20.1 Å². The molecule has 0 radical (unpaired) electrons. The monoisotopic (exact) mass is 310 g/mol. The first-order valence-corrected chi connectivity index (χ1v) is 7.54. The first-order chi connectivity index (χ1) is 10.2. The van der Waals surface area contributed by atoms with Crippen LogP contribution < -0.4 is 0 Å². The summed E-state index contributed by atoms with van der Waals surface area (Å²) in [6, 6.07) is 0. The number of aliphatic hydroxyl groups is 3. The Morgan fingerprint density at radius 3 is 2.68 bits per heavy atom. The molecule has 0 amide bonds. The molecule has 4 atom stereocenters. The van der Waals surface area contributed by atoms with Crippen LogP contribution >= 0.6 is 0 Å². The largest absolute Gasteiger partial charge is 0.459 e. The normalized spacial score (nSPS) is 40.0. The van der Waals surface area contributed by atoms with Crippen molar-refractivity contribution in [3.8, 4) is 0 Å². The second-order valence-corrected chi connectivity index (χ2v) is 6.00. The van der Waals surface area contributed by atoms with Crippen LogP contribution in [-0.4, -0.2) is 45.7 Å². The molecule has 0 aromatic carbocycles. The summed E-state index contributed by atoms with van der Waals surface area (Å²) in [6.45, 7) is 5.04. The van der Waals surface area contributed by atoms with Gasteiger partial charge in [0.25, 0.3) is 0 Å². The number of carbonyl (C=O) groups excluding carboxylic acids is 1. The molecule has 0 bridgehead atoms.